The molecule has 1 aromatic carbocycles. The van der Waals surface area contributed by atoms with Crippen LogP contribution in [-0.4, -0.2) is 30.2 Å². The fourth-order valence-corrected chi connectivity index (χ4v) is 3.97. The van der Waals surface area contributed by atoms with E-state index in [-0.39, 0.29) is 12.5 Å². The molecule has 0 aliphatic carbocycles. The van der Waals surface area contributed by atoms with Crippen molar-refractivity contribution in [1.29, 1.82) is 0 Å². The van der Waals surface area contributed by atoms with Crippen LogP contribution in [0.25, 0.3) is 21.7 Å². The third-order valence-corrected chi connectivity index (χ3v) is 5.47. The van der Waals surface area contributed by atoms with Gasteiger partial charge in [-0.15, -0.1) is 11.3 Å². The number of thiophene rings is 1. The Bertz CT molecular complexity index is 1140. The summed E-state index contributed by atoms with van der Waals surface area (Å²) in [6.07, 6.45) is 0. The van der Waals surface area contributed by atoms with Crippen molar-refractivity contribution in [3.05, 3.63) is 52.4 Å². The van der Waals surface area contributed by atoms with Gasteiger partial charge in [0.25, 0.3) is 0 Å². The van der Waals surface area contributed by atoms with E-state index in [0.29, 0.717) is 17.1 Å². The van der Waals surface area contributed by atoms with Crippen LogP contribution in [0.3, 0.4) is 0 Å². The Morgan fingerprint density at radius 2 is 2.11 bits per heavy atom. The third kappa shape index (κ3) is 3.43. The lowest BCUT2D eigenvalue weighted by molar-refractivity contribution is -0.121. The average Bonchev–Trinajstić information content (AvgIpc) is 3.39. The normalized spacial score (nSPS) is 11.1. The van der Waals surface area contributed by atoms with E-state index in [1.54, 1.807) is 15.9 Å². The van der Waals surface area contributed by atoms with Crippen LogP contribution in [0.2, 0.25) is 0 Å². The van der Waals surface area contributed by atoms with Gasteiger partial charge in [0.15, 0.2) is 10.6 Å². The number of nitrogens with one attached hydrogen (secondary N) is 2. The number of carbonyl (C=O) groups is 1. The second-order valence-corrected chi connectivity index (χ2v) is 7.29. The van der Waals surface area contributed by atoms with Crippen molar-refractivity contribution >= 4 is 40.5 Å². The minimum atomic E-state index is -0.139. The van der Waals surface area contributed by atoms with Gasteiger partial charge in [0, 0.05) is 6.54 Å². The summed E-state index contributed by atoms with van der Waals surface area (Å²) < 4.78 is 4.24. The number of aromatic nitrogens is 5. The van der Waals surface area contributed by atoms with Crippen molar-refractivity contribution in [3.8, 4) is 10.7 Å². The number of amides is 1. The standard InChI is InChI=1S/C18H18N6OS2/c1-2-23-13-7-4-3-6-12(13)20-15(23)10-19-16(25)11-24-17(21-22-18(24)26)14-8-5-9-27-14/h3-9H,2,10-11H2,1H3,(H,19,25)(H,22,26). The summed E-state index contributed by atoms with van der Waals surface area (Å²) in [6, 6.07) is 11.9. The molecule has 7 nitrogen and oxygen atoms in total. The number of hydrogen-bond donors (Lipinski definition) is 2. The van der Waals surface area contributed by atoms with E-state index in [0.717, 1.165) is 28.3 Å². The molecular formula is C18H18N6OS2. The second kappa shape index (κ2) is 7.45. The largest absolute Gasteiger partial charge is 0.347 e. The van der Waals surface area contributed by atoms with Crippen molar-refractivity contribution in [2.24, 2.45) is 0 Å². The molecule has 3 aromatic heterocycles. The van der Waals surface area contributed by atoms with Gasteiger partial charge in [0.1, 0.15) is 12.4 Å². The maximum atomic E-state index is 12.5. The van der Waals surface area contributed by atoms with Gasteiger partial charge >= 0.3 is 0 Å². The molecule has 2 N–H and O–H groups in total. The lowest BCUT2D eigenvalue weighted by atomic mass is 10.3. The molecule has 0 fully saturated rings. The summed E-state index contributed by atoms with van der Waals surface area (Å²) in [4.78, 5) is 18.1. The van der Waals surface area contributed by atoms with Gasteiger partial charge in [-0.3, -0.25) is 14.5 Å². The molecule has 0 saturated heterocycles. The molecule has 0 unspecified atom stereocenters. The topological polar surface area (TPSA) is 80.5 Å². The molecule has 4 rings (SSSR count). The Morgan fingerprint density at radius 1 is 1.26 bits per heavy atom. The lowest BCUT2D eigenvalue weighted by Gasteiger charge is -2.09. The van der Waals surface area contributed by atoms with Gasteiger partial charge in [0.05, 0.1) is 22.5 Å². The summed E-state index contributed by atoms with van der Waals surface area (Å²) >= 11 is 6.83. The fraction of sp³-hybridized carbons (Fsp3) is 0.222. The number of aromatic amines is 1. The maximum absolute atomic E-state index is 12.5. The molecule has 27 heavy (non-hydrogen) atoms. The Kier molecular flexibility index (Phi) is 4.87. The summed E-state index contributed by atoms with van der Waals surface area (Å²) in [7, 11) is 0. The molecule has 0 aliphatic heterocycles. The number of hydrogen-bond acceptors (Lipinski definition) is 5. The predicted molar refractivity (Wildman–Crippen MR) is 108 cm³/mol. The highest BCUT2D eigenvalue weighted by Gasteiger charge is 2.14. The van der Waals surface area contributed by atoms with Crippen LogP contribution in [0.4, 0.5) is 0 Å². The number of nitrogens with zero attached hydrogens (tertiary/aromatic N) is 4. The summed E-state index contributed by atoms with van der Waals surface area (Å²) in [5, 5.41) is 11.9. The molecule has 0 radical (unpaired) electrons. The van der Waals surface area contributed by atoms with Crippen LogP contribution < -0.4 is 5.32 Å². The predicted octanol–water partition coefficient (Wildman–Crippen LogP) is 3.36. The average molecular weight is 399 g/mol. The van der Waals surface area contributed by atoms with E-state index < -0.39 is 0 Å². The number of benzene rings is 1. The van der Waals surface area contributed by atoms with Crippen molar-refractivity contribution in [3.63, 3.8) is 0 Å². The van der Waals surface area contributed by atoms with Gasteiger partial charge in [-0.1, -0.05) is 18.2 Å². The summed E-state index contributed by atoms with van der Waals surface area (Å²) in [5.74, 6) is 1.37. The number of imidazole rings is 1. The number of para-hydroxylation sites is 2. The molecule has 0 saturated carbocycles. The smallest absolute Gasteiger partial charge is 0.240 e. The van der Waals surface area contributed by atoms with Crippen LogP contribution in [-0.2, 0) is 24.4 Å². The van der Waals surface area contributed by atoms with Gasteiger partial charge in [-0.05, 0) is 42.7 Å². The van der Waals surface area contributed by atoms with Crippen molar-refractivity contribution in [1.82, 2.24) is 29.6 Å². The van der Waals surface area contributed by atoms with E-state index in [1.165, 1.54) is 0 Å². The van der Waals surface area contributed by atoms with E-state index in [9.17, 15) is 4.79 Å². The molecule has 0 bridgehead atoms. The van der Waals surface area contributed by atoms with Crippen LogP contribution >= 0.6 is 23.6 Å². The first-order valence-electron chi connectivity index (χ1n) is 8.57. The minimum absolute atomic E-state index is 0.106. The van der Waals surface area contributed by atoms with Gasteiger partial charge < -0.3 is 9.88 Å². The van der Waals surface area contributed by atoms with Crippen LogP contribution in [0.1, 0.15) is 12.7 Å². The highest BCUT2D eigenvalue weighted by molar-refractivity contribution is 7.71. The Labute approximate surface area is 164 Å². The third-order valence-electron chi connectivity index (χ3n) is 4.30. The van der Waals surface area contributed by atoms with E-state index in [2.05, 4.69) is 32.0 Å². The molecule has 0 atom stereocenters. The summed E-state index contributed by atoms with van der Waals surface area (Å²) in [5.41, 5.74) is 2.00. The first-order chi connectivity index (χ1) is 13.2. The van der Waals surface area contributed by atoms with Crippen molar-refractivity contribution in [2.45, 2.75) is 26.6 Å². The zero-order valence-electron chi connectivity index (χ0n) is 14.7. The maximum Gasteiger partial charge on any atom is 0.240 e. The number of carbonyl (C=O) groups excluding carboxylic acids is 1. The number of H-pyrrole nitrogens is 1. The number of rotatable bonds is 6. The molecule has 3 heterocycles. The SMILES string of the molecule is CCn1c(CNC(=O)Cn2c(-c3cccs3)n[nH]c2=S)nc2ccccc21. The first-order valence-corrected chi connectivity index (χ1v) is 9.86. The summed E-state index contributed by atoms with van der Waals surface area (Å²) in [6.45, 7) is 3.33. The Balaban J connectivity index is 1.50. The zero-order valence-corrected chi connectivity index (χ0v) is 16.3. The monoisotopic (exact) mass is 398 g/mol. The molecule has 4 aromatic rings. The molecule has 138 valence electrons. The molecular weight excluding hydrogens is 380 g/mol. The van der Waals surface area contributed by atoms with Crippen LogP contribution in [0, 0.1) is 4.77 Å². The number of aryl methyl sites for hydroxylation is 1. The van der Waals surface area contributed by atoms with Crippen molar-refractivity contribution < 1.29 is 4.79 Å². The zero-order chi connectivity index (χ0) is 18.8. The fourth-order valence-electron chi connectivity index (χ4n) is 3.05. The highest BCUT2D eigenvalue weighted by Crippen LogP contribution is 2.22. The van der Waals surface area contributed by atoms with Crippen molar-refractivity contribution in [2.75, 3.05) is 0 Å². The van der Waals surface area contributed by atoms with E-state index in [4.69, 9.17) is 12.2 Å². The lowest BCUT2D eigenvalue weighted by Crippen LogP contribution is -2.28. The van der Waals surface area contributed by atoms with E-state index >= 15 is 0 Å². The minimum Gasteiger partial charge on any atom is -0.347 e. The van der Waals surface area contributed by atoms with E-state index in [1.807, 2.05) is 41.8 Å². The van der Waals surface area contributed by atoms with Crippen LogP contribution in [0.5, 0.6) is 0 Å². The molecule has 9 heteroatoms. The Morgan fingerprint density at radius 3 is 2.89 bits per heavy atom. The second-order valence-electron chi connectivity index (χ2n) is 5.95. The molecule has 0 spiro atoms. The quantitative estimate of drug-likeness (QED) is 0.488. The molecule has 1 amide bonds. The Hall–Kier alpha value is -2.78. The molecule has 0 aliphatic rings. The highest BCUT2D eigenvalue weighted by atomic mass is 32.1. The van der Waals surface area contributed by atoms with Gasteiger partial charge in [-0.25, -0.2) is 4.98 Å². The van der Waals surface area contributed by atoms with Gasteiger partial charge in [-0.2, -0.15) is 5.10 Å². The number of fused-ring (bicyclic) bond motifs is 1. The van der Waals surface area contributed by atoms with Gasteiger partial charge in [0.2, 0.25) is 5.91 Å². The van der Waals surface area contributed by atoms with Crippen LogP contribution in [0.15, 0.2) is 41.8 Å². The first kappa shape index (κ1) is 17.6.